The van der Waals surface area contributed by atoms with Crippen LogP contribution in [0.2, 0.25) is 0 Å². The van der Waals surface area contributed by atoms with Gasteiger partial charge in [0.05, 0.1) is 11.0 Å². The molecule has 0 aliphatic heterocycles. The van der Waals surface area contributed by atoms with Gasteiger partial charge < -0.3 is 5.32 Å². The molecule has 1 rings (SSSR count). The molecule has 0 heterocycles. The van der Waals surface area contributed by atoms with Gasteiger partial charge in [0, 0.05) is 12.1 Å². The number of halogens is 2. The van der Waals surface area contributed by atoms with Crippen LogP contribution in [0, 0.1) is 21.7 Å². The average molecular weight is 258 g/mol. The van der Waals surface area contributed by atoms with E-state index in [9.17, 15) is 18.9 Å². The second-order valence-electron chi connectivity index (χ2n) is 4.08. The summed E-state index contributed by atoms with van der Waals surface area (Å²) in [5, 5.41) is 13.6. The van der Waals surface area contributed by atoms with Crippen LogP contribution in [0.5, 0.6) is 0 Å². The molecule has 18 heavy (non-hydrogen) atoms. The summed E-state index contributed by atoms with van der Waals surface area (Å²) >= 11 is 0. The first-order valence-corrected chi connectivity index (χ1v) is 5.89. The summed E-state index contributed by atoms with van der Waals surface area (Å²) in [5.74, 6) is -1.88. The molecule has 4 nitrogen and oxygen atoms in total. The fraction of sp³-hybridized carbons (Fsp3) is 0.500. The maximum Gasteiger partial charge on any atom is 0.298 e. The quantitative estimate of drug-likeness (QED) is 0.622. The Morgan fingerprint density at radius 1 is 1.39 bits per heavy atom. The van der Waals surface area contributed by atoms with Crippen molar-refractivity contribution < 1.29 is 13.7 Å². The van der Waals surface area contributed by atoms with Crippen molar-refractivity contribution in [1.29, 1.82) is 0 Å². The molecule has 1 atom stereocenters. The van der Waals surface area contributed by atoms with Gasteiger partial charge in [0.1, 0.15) is 11.5 Å². The minimum atomic E-state index is -0.951. The zero-order chi connectivity index (χ0) is 13.7. The van der Waals surface area contributed by atoms with Crippen molar-refractivity contribution in [2.45, 2.75) is 39.2 Å². The van der Waals surface area contributed by atoms with Crippen LogP contribution in [-0.4, -0.2) is 11.0 Å². The van der Waals surface area contributed by atoms with Crippen molar-refractivity contribution >= 4 is 11.4 Å². The summed E-state index contributed by atoms with van der Waals surface area (Å²) in [6.07, 6.45) is 2.36. The SMILES string of the molecule is CCCC(CC)Nc1c(F)cc(F)cc1[N+](=O)[O-]. The van der Waals surface area contributed by atoms with E-state index in [4.69, 9.17) is 0 Å². The molecular weight excluding hydrogens is 242 g/mol. The van der Waals surface area contributed by atoms with Crippen LogP contribution in [0.4, 0.5) is 20.2 Å². The number of hydrogen-bond acceptors (Lipinski definition) is 3. The summed E-state index contributed by atoms with van der Waals surface area (Å²) in [5.41, 5.74) is -0.802. The number of anilines is 1. The highest BCUT2D eigenvalue weighted by Crippen LogP contribution is 2.30. The van der Waals surface area contributed by atoms with Gasteiger partial charge in [0.15, 0.2) is 5.82 Å². The predicted octanol–water partition coefficient (Wildman–Crippen LogP) is 3.86. The molecule has 0 radical (unpaired) electrons. The van der Waals surface area contributed by atoms with E-state index in [0.717, 1.165) is 18.9 Å². The molecular formula is C12H16F2N2O2. The molecule has 0 bridgehead atoms. The minimum absolute atomic E-state index is 0.0614. The largest absolute Gasteiger partial charge is 0.374 e. The standard InChI is InChI=1S/C12H16F2N2O2/c1-3-5-9(4-2)15-12-10(14)6-8(13)7-11(12)16(17)18/h6-7,9,15H,3-5H2,1-2H3. The number of nitrogens with one attached hydrogen (secondary N) is 1. The van der Waals surface area contributed by atoms with Crippen molar-refractivity contribution in [2.24, 2.45) is 0 Å². The third kappa shape index (κ3) is 3.38. The molecule has 0 saturated carbocycles. The fourth-order valence-corrected chi connectivity index (χ4v) is 1.78. The lowest BCUT2D eigenvalue weighted by Gasteiger charge is -2.17. The van der Waals surface area contributed by atoms with Crippen molar-refractivity contribution in [3.8, 4) is 0 Å². The Kier molecular flexibility index (Phi) is 5.00. The molecule has 6 heteroatoms. The van der Waals surface area contributed by atoms with E-state index in [1.54, 1.807) is 0 Å². The van der Waals surface area contributed by atoms with Crippen molar-refractivity contribution in [1.82, 2.24) is 0 Å². The minimum Gasteiger partial charge on any atom is -0.374 e. The fourth-order valence-electron chi connectivity index (χ4n) is 1.78. The second kappa shape index (κ2) is 6.28. The third-order valence-electron chi connectivity index (χ3n) is 2.71. The Hall–Kier alpha value is -1.72. The number of benzene rings is 1. The maximum absolute atomic E-state index is 13.6. The highest BCUT2D eigenvalue weighted by atomic mass is 19.1. The Morgan fingerprint density at radius 2 is 2.06 bits per heavy atom. The summed E-state index contributed by atoms with van der Waals surface area (Å²) in [4.78, 5) is 10.0. The predicted molar refractivity (Wildman–Crippen MR) is 65.6 cm³/mol. The van der Waals surface area contributed by atoms with Crippen LogP contribution in [-0.2, 0) is 0 Å². The Bertz CT molecular complexity index is 438. The number of nitrogens with zero attached hydrogens (tertiary/aromatic N) is 1. The Labute approximate surface area is 104 Å². The summed E-state index contributed by atoms with van der Waals surface area (Å²) in [6, 6.07) is 1.31. The molecule has 0 fully saturated rings. The number of nitro benzene ring substituents is 1. The van der Waals surface area contributed by atoms with E-state index < -0.39 is 22.2 Å². The average Bonchev–Trinajstić information content (AvgIpc) is 2.30. The molecule has 0 aliphatic rings. The lowest BCUT2D eigenvalue weighted by atomic mass is 10.1. The third-order valence-corrected chi connectivity index (χ3v) is 2.71. The van der Waals surface area contributed by atoms with Crippen molar-refractivity contribution in [3.05, 3.63) is 33.9 Å². The van der Waals surface area contributed by atoms with Crippen LogP contribution < -0.4 is 5.32 Å². The Balaban J connectivity index is 3.10. The highest BCUT2D eigenvalue weighted by molar-refractivity contribution is 5.62. The highest BCUT2D eigenvalue weighted by Gasteiger charge is 2.22. The van der Waals surface area contributed by atoms with Crippen LogP contribution in [0.3, 0.4) is 0 Å². The molecule has 0 aliphatic carbocycles. The van der Waals surface area contributed by atoms with Crippen molar-refractivity contribution in [2.75, 3.05) is 5.32 Å². The van der Waals surface area contributed by atoms with Gasteiger partial charge in [-0.25, -0.2) is 8.78 Å². The summed E-state index contributed by atoms with van der Waals surface area (Å²) < 4.78 is 26.6. The smallest absolute Gasteiger partial charge is 0.298 e. The molecule has 1 aromatic rings. The van der Waals surface area contributed by atoms with Gasteiger partial charge in [0.2, 0.25) is 0 Å². The van der Waals surface area contributed by atoms with Gasteiger partial charge in [-0.15, -0.1) is 0 Å². The van der Waals surface area contributed by atoms with Gasteiger partial charge in [-0.3, -0.25) is 10.1 Å². The normalized spacial score (nSPS) is 12.2. The zero-order valence-corrected chi connectivity index (χ0v) is 10.4. The van der Waals surface area contributed by atoms with Gasteiger partial charge in [0.25, 0.3) is 5.69 Å². The summed E-state index contributed by atoms with van der Waals surface area (Å²) in [6.45, 7) is 3.88. The monoisotopic (exact) mass is 258 g/mol. The van der Waals surface area contributed by atoms with Crippen LogP contribution >= 0.6 is 0 Å². The van der Waals surface area contributed by atoms with E-state index in [-0.39, 0.29) is 11.7 Å². The van der Waals surface area contributed by atoms with Crippen LogP contribution in [0.25, 0.3) is 0 Å². The van der Waals surface area contributed by atoms with E-state index in [2.05, 4.69) is 5.32 Å². The van der Waals surface area contributed by atoms with Crippen LogP contribution in [0.15, 0.2) is 12.1 Å². The zero-order valence-electron chi connectivity index (χ0n) is 10.4. The van der Waals surface area contributed by atoms with Gasteiger partial charge in [-0.1, -0.05) is 20.3 Å². The lowest BCUT2D eigenvalue weighted by molar-refractivity contribution is -0.384. The first-order valence-electron chi connectivity index (χ1n) is 5.89. The van der Waals surface area contributed by atoms with E-state index >= 15 is 0 Å². The number of hydrogen-bond donors (Lipinski definition) is 1. The second-order valence-corrected chi connectivity index (χ2v) is 4.08. The molecule has 0 amide bonds. The van der Waals surface area contributed by atoms with Gasteiger partial charge >= 0.3 is 0 Å². The molecule has 1 aromatic carbocycles. The lowest BCUT2D eigenvalue weighted by Crippen LogP contribution is -2.19. The molecule has 1 N–H and O–H groups in total. The summed E-state index contributed by atoms with van der Waals surface area (Å²) in [7, 11) is 0. The van der Waals surface area contributed by atoms with E-state index in [1.165, 1.54) is 0 Å². The van der Waals surface area contributed by atoms with Crippen LogP contribution in [0.1, 0.15) is 33.1 Å². The molecule has 1 unspecified atom stereocenters. The topological polar surface area (TPSA) is 55.2 Å². The van der Waals surface area contributed by atoms with Crippen molar-refractivity contribution in [3.63, 3.8) is 0 Å². The molecule has 100 valence electrons. The van der Waals surface area contributed by atoms with E-state index in [1.807, 2.05) is 13.8 Å². The number of rotatable bonds is 6. The van der Waals surface area contributed by atoms with E-state index in [0.29, 0.717) is 12.5 Å². The first-order chi connectivity index (χ1) is 8.49. The maximum atomic E-state index is 13.6. The van der Waals surface area contributed by atoms with Gasteiger partial charge in [-0.2, -0.15) is 0 Å². The first kappa shape index (κ1) is 14.3. The molecule has 0 spiro atoms. The molecule has 0 saturated heterocycles. The van der Waals surface area contributed by atoms with Gasteiger partial charge in [-0.05, 0) is 12.8 Å². The number of nitro groups is 1. The Morgan fingerprint density at radius 3 is 2.56 bits per heavy atom. The molecule has 0 aromatic heterocycles.